The second-order valence-electron chi connectivity index (χ2n) is 5.83. The minimum Gasteiger partial charge on any atom is -0.456 e. The van der Waals surface area contributed by atoms with Gasteiger partial charge in [0.25, 0.3) is 5.91 Å². The number of rotatable bonds is 2. The minimum absolute atomic E-state index is 0.121. The Labute approximate surface area is 143 Å². The van der Waals surface area contributed by atoms with Gasteiger partial charge in [0.15, 0.2) is 11.5 Å². The van der Waals surface area contributed by atoms with Crippen LogP contribution in [0.15, 0.2) is 45.3 Å². The topological polar surface area (TPSA) is 59.5 Å². The average Bonchev–Trinajstić information content (AvgIpc) is 3.20. The highest BCUT2D eigenvalue weighted by Gasteiger charge is 2.28. The van der Waals surface area contributed by atoms with E-state index in [2.05, 4.69) is 5.16 Å². The van der Waals surface area contributed by atoms with Gasteiger partial charge in [-0.1, -0.05) is 16.8 Å². The molecule has 0 unspecified atom stereocenters. The van der Waals surface area contributed by atoms with Crippen LogP contribution in [0.3, 0.4) is 0 Å². The first-order valence-corrected chi connectivity index (χ1v) is 8.08. The molecule has 0 radical (unpaired) electrons. The van der Waals surface area contributed by atoms with E-state index in [-0.39, 0.29) is 5.91 Å². The lowest BCUT2D eigenvalue weighted by Gasteiger charge is -2.25. The fraction of sp³-hybridized carbons (Fsp3) is 0.222. The van der Waals surface area contributed by atoms with Gasteiger partial charge in [-0.25, -0.2) is 0 Å². The van der Waals surface area contributed by atoms with Gasteiger partial charge >= 0.3 is 0 Å². The number of halogens is 1. The monoisotopic (exact) mass is 342 g/mol. The summed E-state index contributed by atoms with van der Waals surface area (Å²) in [6.45, 7) is 2.85. The van der Waals surface area contributed by atoms with E-state index in [9.17, 15) is 4.79 Å². The number of nitrogens with zero attached hydrogens (tertiary/aromatic N) is 2. The molecule has 1 aliphatic heterocycles. The van der Waals surface area contributed by atoms with Crippen LogP contribution in [0.5, 0.6) is 0 Å². The molecule has 6 heteroatoms. The molecule has 0 N–H and O–H groups in total. The molecule has 1 aromatic carbocycles. The number of aromatic nitrogens is 1. The van der Waals surface area contributed by atoms with Crippen molar-refractivity contribution in [3.63, 3.8) is 0 Å². The highest BCUT2D eigenvalue weighted by Crippen LogP contribution is 2.31. The van der Waals surface area contributed by atoms with E-state index in [4.69, 9.17) is 20.5 Å². The van der Waals surface area contributed by atoms with E-state index in [1.165, 1.54) is 0 Å². The van der Waals surface area contributed by atoms with E-state index in [1.807, 2.05) is 31.2 Å². The minimum atomic E-state index is -0.121. The van der Waals surface area contributed by atoms with E-state index >= 15 is 0 Å². The molecule has 2 aromatic heterocycles. The number of fused-ring (bicyclic) bond motifs is 1. The summed E-state index contributed by atoms with van der Waals surface area (Å²) in [4.78, 5) is 14.2. The van der Waals surface area contributed by atoms with Crippen molar-refractivity contribution >= 4 is 17.5 Å². The van der Waals surface area contributed by atoms with Crippen molar-refractivity contribution in [2.45, 2.75) is 19.9 Å². The molecule has 4 rings (SSSR count). The maximum Gasteiger partial charge on any atom is 0.289 e. The smallest absolute Gasteiger partial charge is 0.289 e. The van der Waals surface area contributed by atoms with Gasteiger partial charge in [0.05, 0.1) is 6.54 Å². The summed E-state index contributed by atoms with van der Waals surface area (Å²) >= 11 is 5.93. The Balaban J connectivity index is 1.58. The van der Waals surface area contributed by atoms with Crippen LogP contribution in [0.4, 0.5) is 0 Å². The van der Waals surface area contributed by atoms with Crippen LogP contribution in [-0.2, 0) is 13.0 Å². The Hall–Kier alpha value is -2.53. The molecule has 3 aromatic rings. The van der Waals surface area contributed by atoms with Gasteiger partial charge in [0.2, 0.25) is 0 Å². The molecular weight excluding hydrogens is 328 g/mol. The Kier molecular flexibility index (Phi) is 3.65. The Morgan fingerprint density at radius 2 is 2.00 bits per heavy atom. The van der Waals surface area contributed by atoms with Crippen molar-refractivity contribution < 1.29 is 13.7 Å². The highest BCUT2D eigenvalue weighted by atomic mass is 35.5. The van der Waals surface area contributed by atoms with E-state index in [1.54, 1.807) is 17.0 Å². The molecule has 1 aliphatic rings. The van der Waals surface area contributed by atoms with E-state index in [0.717, 1.165) is 28.3 Å². The van der Waals surface area contributed by atoms with Crippen molar-refractivity contribution in [1.82, 2.24) is 10.1 Å². The third-order valence-corrected chi connectivity index (χ3v) is 4.44. The average molecular weight is 343 g/mol. The molecule has 122 valence electrons. The first-order chi connectivity index (χ1) is 11.6. The predicted molar refractivity (Wildman–Crippen MR) is 88.8 cm³/mol. The summed E-state index contributed by atoms with van der Waals surface area (Å²) in [5, 5.41) is 4.83. The van der Waals surface area contributed by atoms with Gasteiger partial charge in [-0.15, -0.1) is 0 Å². The Bertz CT molecular complexity index is 895. The first-order valence-electron chi connectivity index (χ1n) is 7.71. The quantitative estimate of drug-likeness (QED) is 0.703. The summed E-state index contributed by atoms with van der Waals surface area (Å²) < 4.78 is 11.0. The van der Waals surface area contributed by atoms with Crippen LogP contribution in [0.2, 0.25) is 5.02 Å². The van der Waals surface area contributed by atoms with Crippen molar-refractivity contribution in [2.24, 2.45) is 0 Å². The SMILES string of the molecule is Cc1ccc(C(=O)N2CCc3c(noc3-c3ccc(Cl)cc3)C2)o1. The lowest BCUT2D eigenvalue weighted by molar-refractivity contribution is 0.0698. The van der Waals surface area contributed by atoms with Crippen molar-refractivity contribution in [1.29, 1.82) is 0 Å². The molecule has 24 heavy (non-hydrogen) atoms. The maximum absolute atomic E-state index is 12.5. The van der Waals surface area contributed by atoms with E-state index < -0.39 is 0 Å². The number of hydrogen-bond donors (Lipinski definition) is 0. The normalized spacial score (nSPS) is 13.8. The molecule has 0 atom stereocenters. The molecule has 0 bridgehead atoms. The zero-order valence-electron chi connectivity index (χ0n) is 13.1. The van der Waals surface area contributed by atoms with Crippen molar-refractivity contribution in [3.8, 4) is 11.3 Å². The summed E-state index contributed by atoms with van der Waals surface area (Å²) in [5.74, 6) is 1.72. The van der Waals surface area contributed by atoms with Crippen LogP contribution in [0, 0.1) is 6.92 Å². The van der Waals surface area contributed by atoms with Crippen molar-refractivity contribution in [3.05, 3.63) is 64.2 Å². The van der Waals surface area contributed by atoms with E-state index in [0.29, 0.717) is 30.3 Å². The van der Waals surface area contributed by atoms with Crippen LogP contribution < -0.4 is 0 Å². The molecule has 0 aliphatic carbocycles. The summed E-state index contributed by atoms with van der Waals surface area (Å²) in [5.41, 5.74) is 2.79. The van der Waals surface area contributed by atoms with Crippen LogP contribution in [0.1, 0.15) is 27.6 Å². The fourth-order valence-electron chi connectivity index (χ4n) is 2.94. The first kappa shape index (κ1) is 15.0. The highest BCUT2D eigenvalue weighted by molar-refractivity contribution is 6.30. The second-order valence-corrected chi connectivity index (χ2v) is 6.27. The third kappa shape index (κ3) is 2.61. The number of amides is 1. The largest absolute Gasteiger partial charge is 0.456 e. The lowest BCUT2D eigenvalue weighted by Crippen LogP contribution is -2.35. The Morgan fingerprint density at radius 1 is 1.21 bits per heavy atom. The molecule has 0 saturated heterocycles. The van der Waals surface area contributed by atoms with Crippen LogP contribution >= 0.6 is 11.6 Å². The zero-order valence-corrected chi connectivity index (χ0v) is 13.8. The number of aryl methyl sites for hydroxylation is 1. The fourth-order valence-corrected chi connectivity index (χ4v) is 3.06. The number of benzene rings is 1. The van der Waals surface area contributed by atoms with Crippen molar-refractivity contribution in [2.75, 3.05) is 6.54 Å². The molecule has 5 nitrogen and oxygen atoms in total. The second kappa shape index (κ2) is 5.83. The van der Waals surface area contributed by atoms with Gasteiger partial charge in [-0.05, 0) is 49.7 Å². The number of furan rings is 1. The maximum atomic E-state index is 12.5. The predicted octanol–water partition coefficient (Wildman–Crippen LogP) is 4.09. The Morgan fingerprint density at radius 3 is 2.71 bits per heavy atom. The number of hydrogen-bond acceptors (Lipinski definition) is 4. The number of carbonyl (C=O) groups excluding carboxylic acids is 1. The van der Waals surface area contributed by atoms with Gasteiger partial charge in [0.1, 0.15) is 11.5 Å². The lowest BCUT2D eigenvalue weighted by atomic mass is 10.0. The number of carbonyl (C=O) groups is 1. The molecule has 1 amide bonds. The summed E-state index contributed by atoms with van der Waals surface area (Å²) in [6, 6.07) is 11.0. The van der Waals surface area contributed by atoms with Crippen LogP contribution in [0.25, 0.3) is 11.3 Å². The molecule has 0 saturated carbocycles. The van der Waals surface area contributed by atoms with Gasteiger partial charge in [0, 0.05) is 22.7 Å². The van der Waals surface area contributed by atoms with Gasteiger partial charge in [-0.2, -0.15) is 0 Å². The van der Waals surface area contributed by atoms with Gasteiger partial charge < -0.3 is 13.8 Å². The van der Waals surface area contributed by atoms with Crippen LogP contribution in [-0.4, -0.2) is 22.5 Å². The molecule has 0 fully saturated rings. The third-order valence-electron chi connectivity index (χ3n) is 4.19. The molecule has 0 spiro atoms. The summed E-state index contributed by atoms with van der Waals surface area (Å²) in [6.07, 6.45) is 0.697. The summed E-state index contributed by atoms with van der Waals surface area (Å²) in [7, 11) is 0. The van der Waals surface area contributed by atoms with Gasteiger partial charge in [-0.3, -0.25) is 4.79 Å². The zero-order chi connectivity index (χ0) is 16.7. The molecule has 3 heterocycles. The molecular formula is C18H15ClN2O3. The standard InChI is InChI=1S/C18H15ClN2O3/c1-11-2-7-16(23-11)18(22)21-9-8-14-15(10-21)20-24-17(14)12-3-5-13(19)6-4-12/h2-7H,8-10H2,1H3.